The number of carbonyl (C=O) groups excluding carboxylic acids is 1. The molecular formula is C9H21N3O2. The van der Waals surface area contributed by atoms with Crippen molar-refractivity contribution in [2.24, 2.45) is 5.73 Å². The van der Waals surface area contributed by atoms with Crippen molar-refractivity contribution in [1.82, 2.24) is 10.2 Å². The standard InChI is InChI=1S/C9H21N3O2/c1-7(10)8(13)11-5-9(2,14)6-12(3)4/h7,14H,5-6,10H2,1-4H3,(H,11,13). The lowest BCUT2D eigenvalue weighted by molar-refractivity contribution is -0.123. The molecule has 0 spiro atoms. The van der Waals surface area contributed by atoms with Crippen LogP contribution in [-0.2, 0) is 4.79 Å². The summed E-state index contributed by atoms with van der Waals surface area (Å²) in [6, 6.07) is -0.537. The molecule has 0 aliphatic carbocycles. The van der Waals surface area contributed by atoms with Crippen LogP contribution in [-0.4, -0.2) is 54.7 Å². The van der Waals surface area contributed by atoms with Crippen molar-refractivity contribution < 1.29 is 9.90 Å². The van der Waals surface area contributed by atoms with Gasteiger partial charge < -0.3 is 21.1 Å². The van der Waals surface area contributed by atoms with E-state index < -0.39 is 11.6 Å². The number of amides is 1. The average Bonchev–Trinajstić information content (AvgIpc) is 1.97. The SMILES string of the molecule is CC(N)C(=O)NCC(C)(O)CN(C)C. The van der Waals surface area contributed by atoms with E-state index in [9.17, 15) is 9.90 Å². The highest BCUT2D eigenvalue weighted by molar-refractivity contribution is 5.80. The molecule has 0 saturated heterocycles. The van der Waals surface area contributed by atoms with Crippen LogP contribution >= 0.6 is 0 Å². The summed E-state index contributed by atoms with van der Waals surface area (Å²) in [4.78, 5) is 13.0. The first-order valence-electron chi connectivity index (χ1n) is 4.65. The van der Waals surface area contributed by atoms with Gasteiger partial charge in [-0.15, -0.1) is 0 Å². The minimum Gasteiger partial charge on any atom is -0.387 e. The number of hydrogen-bond acceptors (Lipinski definition) is 4. The van der Waals surface area contributed by atoms with Crippen molar-refractivity contribution in [3.8, 4) is 0 Å². The Kier molecular flexibility index (Phi) is 5.04. The van der Waals surface area contributed by atoms with Gasteiger partial charge in [0.05, 0.1) is 11.6 Å². The number of likely N-dealkylation sites (N-methyl/N-ethyl adjacent to an activating group) is 1. The molecule has 0 heterocycles. The van der Waals surface area contributed by atoms with Gasteiger partial charge in [-0.3, -0.25) is 4.79 Å². The Labute approximate surface area is 85.3 Å². The molecule has 0 aliphatic rings. The van der Waals surface area contributed by atoms with Crippen LogP contribution in [0, 0.1) is 0 Å². The van der Waals surface area contributed by atoms with Crippen molar-refractivity contribution in [1.29, 1.82) is 0 Å². The Morgan fingerprint density at radius 2 is 2.14 bits per heavy atom. The van der Waals surface area contributed by atoms with Gasteiger partial charge in [0.25, 0.3) is 0 Å². The molecule has 5 nitrogen and oxygen atoms in total. The molecule has 0 rings (SSSR count). The highest BCUT2D eigenvalue weighted by atomic mass is 16.3. The molecule has 4 N–H and O–H groups in total. The van der Waals surface area contributed by atoms with E-state index in [-0.39, 0.29) is 12.5 Å². The summed E-state index contributed by atoms with van der Waals surface area (Å²) in [6.07, 6.45) is 0. The Bertz CT molecular complexity index is 190. The van der Waals surface area contributed by atoms with E-state index in [2.05, 4.69) is 5.32 Å². The molecule has 1 amide bonds. The lowest BCUT2D eigenvalue weighted by Gasteiger charge is -2.27. The van der Waals surface area contributed by atoms with Gasteiger partial charge in [0, 0.05) is 13.1 Å². The number of rotatable bonds is 5. The smallest absolute Gasteiger partial charge is 0.236 e. The molecule has 84 valence electrons. The van der Waals surface area contributed by atoms with E-state index in [4.69, 9.17) is 5.73 Å². The van der Waals surface area contributed by atoms with Gasteiger partial charge in [0.15, 0.2) is 0 Å². The molecule has 0 radical (unpaired) electrons. The zero-order valence-corrected chi connectivity index (χ0v) is 9.37. The first-order chi connectivity index (χ1) is 6.24. The quantitative estimate of drug-likeness (QED) is 0.522. The Hall–Kier alpha value is -0.650. The second-order valence-electron chi connectivity index (χ2n) is 4.24. The van der Waals surface area contributed by atoms with Gasteiger partial charge >= 0.3 is 0 Å². The zero-order chi connectivity index (χ0) is 11.4. The first-order valence-corrected chi connectivity index (χ1v) is 4.65. The zero-order valence-electron chi connectivity index (χ0n) is 9.37. The van der Waals surface area contributed by atoms with Crippen LogP contribution in [0.3, 0.4) is 0 Å². The number of hydrogen-bond donors (Lipinski definition) is 3. The molecule has 2 atom stereocenters. The summed E-state index contributed by atoms with van der Waals surface area (Å²) in [6.45, 7) is 3.99. The summed E-state index contributed by atoms with van der Waals surface area (Å²) in [5, 5.41) is 12.4. The number of aliphatic hydroxyl groups is 1. The van der Waals surface area contributed by atoms with E-state index in [1.807, 2.05) is 19.0 Å². The molecule has 14 heavy (non-hydrogen) atoms. The number of nitrogens with two attached hydrogens (primary N) is 1. The largest absolute Gasteiger partial charge is 0.387 e. The summed E-state index contributed by atoms with van der Waals surface area (Å²) in [5.74, 6) is -0.246. The fraction of sp³-hybridized carbons (Fsp3) is 0.889. The second kappa shape index (κ2) is 5.29. The predicted octanol–water partition coefficient (Wildman–Crippen LogP) is -1.24. The molecule has 2 unspecified atom stereocenters. The summed E-state index contributed by atoms with van der Waals surface area (Å²) in [5.41, 5.74) is 4.44. The van der Waals surface area contributed by atoms with Crippen LogP contribution in [0.5, 0.6) is 0 Å². The maximum atomic E-state index is 11.1. The third kappa shape index (κ3) is 5.90. The van der Waals surface area contributed by atoms with Crippen molar-refractivity contribution >= 4 is 5.91 Å². The molecule has 0 fully saturated rings. The van der Waals surface area contributed by atoms with Crippen LogP contribution in [0.2, 0.25) is 0 Å². The highest BCUT2D eigenvalue weighted by Gasteiger charge is 2.22. The van der Waals surface area contributed by atoms with Crippen molar-refractivity contribution in [3.63, 3.8) is 0 Å². The van der Waals surface area contributed by atoms with Gasteiger partial charge in [-0.1, -0.05) is 0 Å². The monoisotopic (exact) mass is 203 g/mol. The molecule has 0 aromatic carbocycles. The van der Waals surface area contributed by atoms with E-state index >= 15 is 0 Å². The van der Waals surface area contributed by atoms with Gasteiger partial charge in [-0.2, -0.15) is 0 Å². The van der Waals surface area contributed by atoms with Gasteiger partial charge in [-0.25, -0.2) is 0 Å². The number of nitrogens with zero attached hydrogens (tertiary/aromatic N) is 1. The third-order valence-corrected chi connectivity index (χ3v) is 1.71. The van der Waals surface area contributed by atoms with Crippen LogP contribution in [0.15, 0.2) is 0 Å². The minimum absolute atomic E-state index is 0.214. The fourth-order valence-corrected chi connectivity index (χ4v) is 1.18. The minimum atomic E-state index is -0.923. The lowest BCUT2D eigenvalue weighted by atomic mass is 10.1. The third-order valence-electron chi connectivity index (χ3n) is 1.71. The summed E-state index contributed by atoms with van der Waals surface area (Å²) >= 11 is 0. The predicted molar refractivity (Wildman–Crippen MR) is 55.8 cm³/mol. The van der Waals surface area contributed by atoms with E-state index in [0.29, 0.717) is 6.54 Å². The average molecular weight is 203 g/mol. The van der Waals surface area contributed by atoms with E-state index in [1.165, 1.54) is 0 Å². The molecule has 0 aromatic heterocycles. The lowest BCUT2D eigenvalue weighted by Crippen LogP contribution is -2.50. The van der Waals surface area contributed by atoms with Gasteiger partial charge in [0.2, 0.25) is 5.91 Å². The van der Waals surface area contributed by atoms with Gasteiger partial charge in [0.1, 0.15) is 0 Å². The number of nitrogens with one attached hydrogen (secondary N) is 1. The first kappa shape index (κ1) is 13.4. The molecule has 0 saturated carbocycles. The van der Waals surface area contributed by atoms with E-state index in [1.54, 1.807) is 13.8 Å². The van der Waals surface area contributed by atoms with Crippen LogP contribution < -0.4 is 11.1 Å². The van der Waals surface area contributed by atoms with E-state index in [0.717, 1.165) is 0 Å². The van der Waals surface area contributed by atoms with Crippen LogP contribution in [0.4, 0.5) is 0 Å². The second-order valence-corrected chi connectivity index (χ2v) is 4.24. The molecule has 0 aromatic rings. The maximum absolute atomic E-state index is 11.1. The summed E-state index contributed by atoms with van der Waals surface area (Å²) in [7, 11) is 3.73. The Morgan fingerprint density at radius 1 is 1.64 bits per heavy atom. The highest BCUT2D eigenvalue weighted by Crippen LogP contribution is 2.02. The fourth-order valence-electron chi connectivity index (χ4n) is 1.18. The maximum Gasteiger partial charge on any atom is 0.236 e. The molecule has 5 heteroatoms. The van der Waals surface area contributed by atoms with Crippen molar-refractivity contribution in [2.75, 3.05) is 27.2 Å². The molecule has 0 aliphatic heterocycles. The van der Waals surface area contributed by atoms with Crippen molar-refractivity contribution in [2.45, 2.75) is 25.5 Å². The van der Waals surface area contributed by atoms with Gasteiger partial charge in [-0.05, 0) is 27.9 Å². The topological polar surface area (TPSA) is 78.6 Å². The van der Waals surface area contributed by atoms with Crippen LogP contribution in [0.25, 0.3) is 0 Å². The molecule has 0 bridgehead atoms. The number of carbonyl (C=O) groups is 1. The van der Waals surface area contributed by atoms with Crippen LogP contribution in [0.1, 0.15) is 13.8 Å². The Balaban J connectivity index is 3.92. The van der Waals surface area contributed by atoms with Crippen molar-refractivity contribution in [3.05, 3.63) is 0 Å². The summed E-state index contributed by atoms with van der Waals surface area (Å²) < 4.78 is 0. The molecular weight excluding hydrogens is 182 g/mol. The Morgan fingerprint density at radius 3 is 2.50 bits per heavy atom. The normalized spacial score (nSPS) is 17.6.